The fraction of sp³-hybridized carbons (Fsp3) is 0.562. The van der Waals surface area contributed by atoms with E-state index in [4.69, 9.17) is 5.73 Å². The van der Waals surface area contributed by atoms with Gasteiger partial charge in [0.1, 0.15) is 5.82 Å². The number of hydrogen-bond acceptors (Lipinski definition) is 2. The molecule has 1 aromatic carbocycles. The lowest BCUT2D eigenvalue weighted by Crippen LogP contribution is -2.42. The van der Waals surface area contributed by atoms with Crippen LogP contribution in [0.25, 0.3) is 0 Å². The summed E-state index contributed by atoms with van der Waals surface area (Å²) in [6.07, 6.45) is 3.35. The van der Waals surface area contributed by atoms with Gasteiger partial charge in [-0.1, -0.05) is 26.7 Å². The monoisotopic (exact) mass is 280 g/mol. The third-order valence-corrected chi connectivity index (χ3v) is 3.77. The lowest BCUT2D eigenvalue weighted by atomic mass is 9.78. The molecule has 0 saturated heterocycles. The number of aryl methyl sites for hydroxylation is 1. The Morgan fingerprint density at radius 1 is 1.30 bits per heavy atom. The van der Waals surface area contributed by atoms with Gasteiger partial charge >= 0.3 is 0 Å². The standard InChI is InChI=1S/C16H25FN2O/c1-4-8-16(11-18,9-5-2)15(20)19-14-7-6-13(17)10-12(14)3/h6-7,10H,4-5,8-9,11,18H2,1-3H3,(H,19,20). The molecule has 0 saturated carbocycles. The van der Waals surface area contributed by atoms with Crippen LogP contribution >= 0.6 is 0 Å². The van der Waals surface area contributed by atoms with Gasteiger partial charge in [-0.05, 0) is 43.5 Å². The molecule has 0 fully saturated rings. The van der Waals surface area contributed by atoms with Crippen LogP contribution in [0.1, 0.15) is 45.1 Å². The molecule has 0 bridgehead atoms. The highest BCUT2D eigenvalue weighted by molar-refractivity contribution is 5.96. The minimum atomic E-state index is -0.523. The maximum atomic E-state index is 13.1. The van der Waals surface area contributed by atoms with E-state index in [0.29, 0.717) is 12.2 Å². The first-order valence-electron chi connectivity index (χ1n) is 7.26. The molecular formula is C16H25FN2O. The Hall–Kier alpha value is -1.42. The quantitative estimate of drug-likeness (QED) is 0.801. The summed E-state index contributed by atoms with van der Waals surface area (Å²) in [5.74, 6) is -0.355. The number of carbonyl (C=O) groups is 1. The summed E-state index contributed by atoms with van der Waals surface area (Å²) in [6.45, 7) is 6.22. The van der Waals surface area contributed by atoms with Gasteiger partial charge in [0, 0.05) is 12.2 Å². The second-order valence-corrected chi connectivity index (χ2v) is 5.40. The van der Waals surface area contributed by atoms with Gasteiger partial charge in [-0.2, -0.15) is 0 Å². The highest BCUT2D eigenvalue weighted by Gasteiger charge is 2.35. The second-order valence-electron chi connectivity index (χ2n) is 5.40. The molecule has 20 heavy (non-hydrogen) atoms. The van der Waals surface area contributed by atoms with Crippen LogP contribution in [0.4, 0.5) is 10.1 Å². The third kappa shape index (κ3) is 3.79. The van der Waals surface area contributed by atoms with Gasteiger partial charge in [-0.25, -0.2) is 4.39 Å². The number of carbonyl (C=O) groups excluding carboxylic acids is 1. The van der Waals surface area contributed by atoms with Crippen LogP contribution in [0.2, 0.25) is 0 Å². The largest absolute Gasteiger partial charge is 0.329 e. The topological polar surface area (TPSA) is 55.1 Å². The summed E-state index contributed by atoms with van der Waals surface area (Å²) < 4.78 is 13.1. The number of amides is 1. The van der Waals surface area contributed by atoms with Crippen molar-refractivity contribution in [3.05, 3.63) is 29.6 Å². The Morgan fingerprint density at radius 3 is 2.35 bits per heavy atom. The molecular weight excluding hydrogens is 255 g/mol. The average molecular weight is 280 g/mol. The number of anilines is 1. The van der Waals surface area contributed by atoms with Crippen molar-refractivity contribution in [2.45, 2.75) is 46.5 Å². The Balaban J connectivity index is 2.95. The summed E-state index contributed by atoms with van der Waals surface area (Å²) in [4.78, 5) is 12.6. The summed E-state index contributed by atoms with van der Waals surface area (Å²) in [6, 6.07) is 4.37. The van der Waals surface area contributed by atoms with E-state index < -0.39 is 5.41 Å². The molecule has 4 heteroatoms. The molecule has 1 amide bonds. The lowest BCUT2D eigenvalue weighted by Gasteiger charge is -2.31. The van der Waals surface area contributed by atoms with Crippen molar-refractivity contribution < 1.29 is 9.18 Å². The smallest absolute Gasteiger partial charge is 0.231 e. The van der Waals surface area contributed by atoms with Gasteiger partial charge in [-0.15, -0.1) is 0 Å². The zero-order valence-corrected chi connectivity index (χ0v) is 12.6. The second kappa shape index (κ2) is 7.39. The van der Waals surface area contributed by atoms with Gasteiger partial charge in [0.05, 0.1) is 5.41 Å². The third-order valence-electron chi connectivity index (χ3n) is 3.77. The van der Waals surface area contributed by atoms with Crippen molar-refractivity contribution in [2.24, 2.45) is 11.1 Å². The number of rotatable bonds is 7. The van der Waals surface area contributed by atoms with Crippen LogP contribution in [0, 0.1) is 18.2 Å². The Morgan fingerprint density at radius 2 is 1.90 bits per heavy atom. The molecule has 0 spiro atoms. The molecule has 112 valence electrons. The number of nitrogens with two attached hydrogens (primary N) is 1. The molecule has 3 N–H and O–H groups in total. The van der Waals surface area contributed by atoms with Crippen LogP contribution in [0.15, 0.2) is 18.2 Å². The highest BCUT2D eigenvalue weighted by atomic mass is 19.1. The van der Waals surface area contributed by atoms with E-state index in [1.165, 1.54) is 12.1 Å². The van der Waals surface area contributed by atoms with Crippen molar-refractivity contribution in [1.29, 1.82) is 0 Å². The van der Waals surface area contributed by atoms with Crippen molar-refractivity contribution in [3.63, 3.8) is 0 Å². The summed E-state index contributed by atoms with van der Waals surface area (Å²) >= 11 is 0. The predicted molar refractivity (Wildman–Crippen MR) is 81.1 cm³/mol. The molecule has 3 nitrogen and oxygen atoms in total. The van der Waals surface area contributed by atoms with Crippen molar-refractivity contribution in [3.8, 4) is 0 Å². The minimum absolute atomic E-state index is 0.0570. The van der Waals surface area contributed by atoms with E-state index in [1.807, 2.05) is 0 Å². The average Bonchev–Trinajstić information content (AvgIpc) is 2.41. The Kier molecular flexibility index (Phi) is 6.14. The van der Waals surface area contributed by atoms with Crippen molar-refractivity contribution >= 4 is 11.6 Å². The fourth-order valence-electron chi connectivity index (χ4n) is 2.63. The number of nitrogens with one attached hydrogen (secondary N) is 1. The minimum Gasteiger partial charge on any atom is -0.329 e. The molecule has 0 aromatic heterocycles. The van der Waals surface area contributed by atoms with Crippen LogP contribution in [0.5, 0.6) is 0 Å². The molecule has 0 aliphatic rings. The molecule has 0 unspecified atom stereocenters. The van der Waals surface area contributed by atoms with Crippen LogP contribution in [-0.4, -0.2) is 12.5 Å². The van der Waals surface area contributed by atoms with E-state index in [0.717, 1.165) is 31.2 Å². The number of benzene rings is 1. The number of halogens is 1. The van der Waals surface area contributed by atoms with E-state index >= 15 is 0 Å². The van der Waals surface area contributed by atoms with Gasteiger partial charge in [0.15, 0.2) is 0 Å². The van der Waals surface area contributed by atoms with E-state index in [2.05, 4.69) is 19.2 Å². The van der Waals surface area contributed by atoms with Gasteiger partial charge in [0.25, 0.3) is 0 Å². The SMILES string of the molecule is CCCC(CN)(CCC)C(=O)Nc1ccc(F)cc1C. The summed E-state index contributed by atoms with van der Waals surface area (Å²) in [7, 11) is 0. The lowest BCUT2D eigenvalue weighted by molar-refractivity contribution is -0.126. The zero-order valence-electron chi connectivity index (χ0n) is 12.6. The zero-order chi connectivity index (χ0) is 15.2. The number of hydrogen-bond donors (Lipinski definition) is 2. The molecule has 0 heterocycles. The maximum Gasteiger partial charge on any atom is 0.231 e. The fourth-order valence-corrected chi connectivity index (χ4v) is 2.63. The Bertz CT molecular complexity index is 454. The van der Waals surface area contributed by atoms with E-state index in [9.17, 15) is 9.18 Å². The molecule has 1 rings (SSSR count). The van der Waals surface area contributed by atoms with Crippen LogP contribution < -0.4 is 11.1 Å². The first kappa shape index (κ1) is 16.6. The highest BCUT2D eigenvalue weighted by Crippen LogP contribution is 2.31. The van der Waals surface area contributed by atoms with Crippen molar-refractivity contribution in [1.82, 2.24) is 0 Å². The molecule has 1 aromatic rings. The van der Waals surface area contributed by atoms with Crippen LogP contribution in [-0.2, 0) is 4.79 Å². The first-order chi connectivity index (χ1) is 9.49. The molecule has 0 aliphatic carbocycles. The van der Waals surface area contributed by atoms with Gasteiger partial charge < -0.3 is 11.1 Å². The van der Waals surface area contributed by atoms with Gasteiger partial charge in [0.2, 0.25) is 5.91 Å². The maximum absolute atomic E-state index is 13.1. The van der Waals surface area contributed by atoms with E-state index in [-0.39, 0.29) is 11.7 Å². The first-order valence-corrected chi connectivity index (χ1v) is 7.26. The Labute approximate surface area is 120 Å². The van der Waals surface area contributed by atoms with E-state index in [1.54, 1.807) is 13.0 Å². The molecule has 0 aliphatic heterocycles. The molecule has 0 atom stereocenters. The van der Waals surface area contributed by atoms with Crippen molar-refractivity contribution in [2.75, 3.05) is 11.9 Å². The predicted octanol–water partition coefficient (Wildman–Crippen LogP) is 3.62. The van der Waals surface area contributed by atoms with Crippen LogP contribution in [0.3, 0.4) is 0 Å². The normalized spacial score (nSPS) is 11.4. The van der Waals surface area contributed by atoms with Gasteiger partial charge in [-0.3, -0.25) is 4.79 Å². The summed E-state index contributed by atoms with van der Waals surface area (Å²) in [5.41, 5.74) is 6.73. The summed E-state index contributed by atoms with van der Waals surface area (Å²) in [5, 5.41) is 2.91. The molecule has 0 radical (unpaired) electrons.